The quantitative estimate of drug-likeness (QED) is 0.387. The lowest BCUT2D eigenvalue weighted by Gasteiger charge is -2.17. The van der Waals surface area contributed by atoms with Gasteiger partial charge in [-0.1, -0.05) is 84.0 Å². The molecule has 7 nitrogen and oxygen atoms in total. The van der Waals surface area contributed by atoms with Crippen LogP contribution in [0.4, 0.5) is 4.79 Å². The number of nitrogens with zero attached hydrogens (tertiary/aromatic N) is 1. The van der Waals surface area contributed by atoms with Crippen LogP contribution in [0.5, 0.6) is 0 Å². The second kappa shape index (κ2) is 9.46. The summed E-state index contributed by atoms with van der Waals surface area (Å²) in [5.41, 5.74) is 6.41. The first-order valence-electron chi connectivity index (χ1n) is 11.4. The number of amides is 1. The molecule has 5 rings (SSSR count). The molecule has 1 atom stereocenters. The third kappa shape index (κ3) is 4.40. The first kappa shape index (κ1) is 22.4. The maximum Gasteiger partial charge on any atom is 0.407 e. The Kier molecular flexibility index (Phi) is 6.06. The standard InChI is InChI=1S/C28H24N2O5/c1-17-23(26(30-35-17)18-9-3-2-4-10-18)15-25(27(31)32)29-28(33)34-16-24-21-13-7-5-11-19(21)20-12-6-8-14-22(20)24/h2-14,24-25H,15-16H2,1H3,(H,29,33)(H,31,32). The molecule has 0 radical (unpaired) electrons. The number of hydrogen-bond acceptors (Lipinski definition) is 5. The molecule has 0 aliphatic heterocycles. The van der Waals surface area contributed by atoms with E-state index in [1.807, 2.05) is 66.7 Å². The summed E-state index contributed by atoms with van der Waals surface area (Å²) in [7, 11) is 0. The number of hydrogen-bond donors (Lipinski definition) is 2. The van der Waals surface area contributed by atoms with Crippen LogP contribution in [-0.2, 0) is 16.0 Å². The Balaban J connectivity index is 1.29. The number of benzene rings is 3. The smallest absolute Gasteiger partial charge is 0.407 e. The van der Waals surface area contributed by atoms with Gasteiger partial charge in [0.05, 0.1) is 0 Å². The van der Waals surface area contributed by atoms with Crippen molar-refractivity contribution >= 4 is 12.1 Å². The maximum atomic E-state index is 12.7. The van der Waals surface area contributed by atoms with Crippen LogP contribution in [0, 0.1) is 6.92 Å². The van der Waals surface area contributed by atoms with Crippen molar-refractivity contribution in [3.8, 4) is 22.4 Å². The highest BCUT2D eigenvalue weighted by atomic mass is 16.5. The van der Waals surface area contributed by atoms with Crippen LogP contribution >= 0.6 is 0 Å². The molecule has 1 amide bonds. The number of carboxylic acids is 1. The normalized spacial score (nSPS) is 13.1. The van der Waals surface area contributed by atoms with Gasteiger partial charge in [0.2, 0.25) is 0 Å². The summed E-state index contributed by atoms with van der Waals surface area (Å²) in [5, 5.41) is 16.4. The molecule has 4 aromatic rings. The number of alkyl carbamates (subject to hydrolysis) is 1. The zero-order valence-corrected chi connectivity index (χ0v) is 19.1. The lowest BCUT2D eigenvalue weighted by Crippen LogP contribution is -2.43. The van der Waals surface area contributed by atoms with Crippen LogP contribution in [0.25, 0.3) is 22.4 Å². The topological polar surface area (TPSA) is 102 Å². The molecule has 1 aliphatic rings. The zero-order valence-electron chi connectivity index (χ0n) is 19.1. The molecule has 1 aromatic heterocycles. The van der Waals surface area contributed by atoms with Gasteiger partial charge in [-0.3, -0.25) is 0 Å². The van der Waals surface area contributed by atoms with Gasteiger partial charge < -0.3 is 19.7 Å². The number of fused-ring (bicyclic) bond motifs is 3. The molecule has 35 heavy (non-hydrogen) atoms. The van der Waals surface area contributed by atoms with Gasteiger partial charge >= 0.3 is 12.1 Å². The van der Waals surface area contributed by atoms with E-state index in [-0.39, 0.29) is 18.9 Å². The number of rotatable bonds is 7. The fraction of sp³-hybridized carbons (Fsp3) is 0.179. The van der Waals surface area contributed by atoms with Crippen LogP contribution in [0.3, 0.4) is 0 Å². The van der Waals surface area contributed by atoms with Crippen molar-refractivity contribution in [3.63, 3.8) is 0 Å². The van der Waals surface area contributed by atoms with Gasteiger partial charge in [-0.05, 0) is 29.2 Å². The van der Waals surface area contributed by atoms with Crippen molar-refractivity contribution in [2.24, 2.45) is 0 Å². The summed E-state index contributed by atoms with van der Waals surface area (Å²) in [5.74, 6) is -0.774. The van der Waals surface area contributed by atoms with E-state index < -0.39 is 18.1 Å². The van der Waals surface area contributed by atoms with Crippen LogP contribution in [0.15, 0.2) is 83.4 Å². The van der Waals surface area contributed by atoms with Crippen molar-refractivity contribution in [1.82, 2.24) is 10.5 Å². The van der Waals surface area contributed by atoms with E-state index in [1.165, 1.54) is 0 Å². The number of aryl methyl sites for hydroxylation is 1. The number of ether oxygens (including phenoxy) is 1. The Labute approximate surface area is 202 Å². The number of carbonyl (C=O) groups is 2. The molecular weight excluding hydrogens is 444 g/mol. The molecule has 2 N–H and O–H groups in total. The average Bonchev–Trinajstić information content (AvgIpc) is 3.40. The molecule has 176 valence electrons. The largest absolute Gasteiger partial charge is 0.480 e. The Morgan fingerprint density at radius 2 is 1.57 bits per heavy atom. The molecule has 1 aliphatic carbocycles. The lowest BCUT2D eigenvalue weighted by molar-refractivity contribution is -0.139. The van der Waals surface area contributed by atoms with Crippen molar-refractivity contribution < 1.29 is 24.0 Å². The molecular formula is C28H24N2O5. The van der Waals surface area contributed by atoms with E-state index in [0.717, 1.165) is 27.8 Å². The van der Waals surface area contributed by atoms with E-state index in [0.29, 0.717) is 17.0 Å². The SMILES string of the molecule is Cc1onc(-c2ccccc2)c1CC(NC(=O)OCC1c2ccccc2-c2ccccc21)C(=O)O. The molecule has 0 saturated carbocycles. The van der Waals surface area contributed by atoms with Crippen molar-refractivity contribution in [2.75, 3.05) is 6.61 Å². The lowest BCUT2D eigenvalue weighted by atomic mass is 9.98. The maximum absolute atomic E-state index is 12.7. The molecule has 0 spiro atoms. The van der Waals surface area contributed by atoms with Crippen molar-refractivity contribution in [1.29, 1.82) is 0 Å². The monoisotopic (exact) mass is 468 g/mol. The summed E-state index contributed by atoms with van der Waals surface area (Å²) in [4.78, 5) is 24.7. The summed E-state index contributed by atoms with van der Waals surface area (Å²) in [6, 6.07) is 24.2. The van der Waals surface area contributed by atoms with E-state index >= 15 is 0 Å². The van der Waals surface area contributed by atoms with Crippen molar-refractivity contribution in [2.45, 2.75) is 25.3 Å². The predicted octanol–water partition coefficient (Wildman–Crippen LogP) is 5.18. The third-order valence-electron chi connectivity index (χ3n) is 6.37. The van der Waals surface area contributed by atoms with E-state index in [9.17, 15) is 14.7 Å². The Hall–Kier alpha value is -4.39. The van der Waals surface area contributed by atoms with Crippen LogP contribution in [0.1, 0.15) is 28.4 Å². The molecule has 0 saturated heterocycles. The van der Waals surface area contributed by atoms with Crippen LogP contribution in [0.2, 0.25) is 0 Å². The minimum Gasteiger partial charge on any atom is -0.480 e. The van der Waals surface area contributed by atoms with E-state index in [2.05, 4.69) is 22.6 Å². The number of carboxylic acid groups (broad SMARTS) is 1. The van der Waals surface area contributed by atoms with Crippen LogP contribution in [-0.4, -0.2) is 35.0 Å². The summed E-state index contributed by atoms with van der Waals surface area (Å²) >= 11 is 0. The molecule has 0 fully saturated rings. The van der Waals surface area contributed by atoms with Crippen LogP contribution < -0.4 is 5.32 Å². The van der Waals surface area contributed by atoms with Gasteiger partial charge in [0, 0.05) is 23.5 Å². The highest BCUT2D eigenvalue weighted by molar-refractivity contribution is 5.81. The highest BCUT2D eigenvalue weighted by Crippen LogP contribution is 2.44. The summed E-state index contributed by atoms with van der Waals surface area (Å²) < 4.78 is 10.9. The minimum absolute atomic E-state index is 0.0130. The fourth-order valence-corrected chi connectivity index (χ4v) is 4.64. The average molecular weight is 469 g/mol. The fourth-order valence-electron chi connectivity index (χ4n) is 4.64. The highest BCUT2D eigenvalue weighted by Gasteiger charge is 2.30. The van der Waals surface area contributed by atoms with E-state index in [1.54, 1.807) is 6.92 Å². The van der Waals surface area contributed by atoms with E-state index in [4.69, 9.17) is 9.26 Å². The molecule has 3 aromatic carbocycles. The van der Waals surface area contributed by atoms with Gasteiger partial charge in [-0.25, -0.2) is 9.59 Å². The summed E-state index contributed by atoms with van der Waals surface area (Å²) in [6.07, 6.45) is -0.770. The minimum atomic E-state index is -1.20. The second-order valence-corrected chi connectivity index (χ2v) is 8.50. The summed E-state index contributed by atoms with van der Waals surface area (Å²) in [6.45, 7) is 1.83. The second-order valence-electron chi connectivity index (χ2n) is 8.50. The van der Waals surface area contributed by atoms with Crippen molar-refractivity contribution in [3.05, 3.63) is 101 Å². The molecule has 0 bridgehead atoms. The third-order valence-corrected chi connectivity index (χ3v) is 6.37. The predicted molar refractivity (Wildman–Crippen MR) is 130 cm³/mol. The van der Waals surface area contributed by atoms with Gasteiger partial charge in [-0.2, -0.15) is 0 Å². The molecule has 7 heteroatoms. The zero-order chi connectivity index (χ0) is 24.4. The Morgan fingerprint density at radius 3 is 2.20 bits per heavy atom. The number of aliphatic carboxylic acids is 1. The van der Waals surface area contributed by atoms with Gasteiger partial charge in [0.15, 0.2) is 0 Å². The number of carbonyl (C=O) groups excluding carboxylic acids is 1. The number of nitrogens with one attached hydrogen (secondary N) is 1. The Bertz CT molecular complexity index is 1330. The first-order valence-corrected chi connectivity index (χ1v) is 11.4. The Morgan fingerprint density at radius 1 is 0.971 bits per heavy atom. The van der Waals surface area contributed by atoms with Gasteiger partial charge in [0.25, 0.3) is 0 Å². The molecule has 1 heterocycles. The number of aromatic nitrogens is 1. The van der Waals surface area contributed by atoms with Gasteiger partial charge in [0.1, 0.15) is 24.1 Å². The van der Waals surface area contributed by atoms with Gasteiger partial charge in [-0.15, -0.1) is 0 Å². The molecule has 1 unspecified atom stereocenters. The first-order chi connectivity index (χ1) is 17.0.